The normalized spacial score (nSPS) is 17.4. The molecule has 2 N–H and O–H groups in total. The van der Waals surface area contributed by atoms with Crippen LogP contribution >= 0.6 is 0 Å². The lowest BCUT2D eigenvalue weighted by atomic mass is 9.99. The number of rotatable bonds is 5. The smallest absolute Gasteiger partial charge is 0.410 e. The number of amides is 1. The van der Waals surface area contributed by atoms with Crippen LogP contribution in [0.25, 0.3) is 44.1 Å². The van der Waals surface area contributed by atoms with Crippen LogP contribution in [-0.2, 0) is 4.74 Å². The van der Waals surface area contributed by atoms with Crippen molar-refractivity contribution >= 4 is 27.9 Å². The zero-order valence-electron chi connectivity index (χ0n) is 24.7. The van der Waals surface area contributed by atoms with Crippen LogP contribution in [0, 0.1) is 0 Å². The van der Waals surface area contributed by atoms with Gasteiger partial charge in [0.05, 0.1) is 12.1 Å². The minimum Gasteiger partial charge on any atom is -0.444 e. The van der Waals surface area contributed by atoms with Crippen molar-refractivity contribution in [2.75, 3.05) is 19.6 Å². The molecule has 1 amide bonds. The number of piperazine rings is 1. The van der Waals surface area contributed by atoms with Gasteiger partial charge in [0.1, 0.15) is 5.60 Å². The maximum absolute atomic E-state index is 13.0. The lowest BCUT2D eigenvalue weighted by Gasteiger charge is -2.40. The van der Waals surface area contributed by atoms with E-state index in [0.29, 0.717) is 19.6 Å². The van der Waals surface area contributed by atoms with E-state index in [9.17, 15) is 9.90 Å². The molecule has 0 saturated carbocycles. The van der Waals surface area contributed by atoms with Gasteiger partial charge >= 0.3 is 6.09 Å². The van der Waals surface area contributed by atoms with Crippen molar-refractivity contribution in [1.82, 2.24) is 14.8 Å². The number of aliphatic hydroxyl groups is 1. The molecule has 3 unspecified atom stereocenters. The van der Waals surface area contributed by atoms with Crippen LogP contribution in [0.15, 0.2) is 97.1 Å². The summed E-state index contributed by atoms with van der Waals surface area (Å²) in [7, 11) is 0. The summed E-state index contributed by atoms with van der Waals surface area (Å²) in [4.78, 5) is 14.8. The molecule has 216 valence electrons. The Balaban J connectivity index is 1.50. The van der Waals surface area contributed by atoms with E-state index in [1.165, 1.54) is 0 Å². The van der Waals surface area contributed by atoms with Crippen LogP contribution in [-0.4, -0.2) is 58.0 Å². The van der Waals surface area contributed by atoms with E-state index in [-0.39, 0.29) is 18.2 Å². The van der Waals surface area contributed by atoms with Crippen LogP contribution in [0.2, 0.25) is 0 Å². The van der Waals surface area contributed by atoms with E-state index in [1.54, 1.807) is 4.90 Å². The van der Waals surface area contributed by atoms with Gasteiger partial charge in [-0.05, 0) is 74.2 Å². The molecule has 1 aliphatic heterocycles. The van der Waals surface area contributed by atoms with Crippen LogP contribution in [0.5, 0.6) is 0 Å². The number of hydrogen-bond donors (Lipinski definition) is 2. The van der Waals surface area contributed by atoms with Crippen molar-refractivity contribution in [2.45, 2.75) is 51.5 Å². The monoisotopic (exact) mass is 561 g/mol. The SMILES string of the molecule is CC(O)C(C1CN(C(=O)OC(C)(C)C)CCN1)n1c2ccc(-c3ccccc3)cc2c2cc(-c3ccccc3)ccc21. The molecule has 6 heteroatoms. The molecule has 6 nitrogen and oxygen atoms in total. The van der Waals surface area contributed by atoms with Crippen molar-refractivity contribution < 1.29 is 14.6 Å². The molecule has 42 heavy (non-hydrogen) atoms. The van der Waals surface area contributed by atoms with Gasteiger partial charge in [-0.1, -0.05) is 72.8 Å². The lowest BCUT2D eigenvalue weighted by Crippen LogP contribution is -2.57. The minimum absolute atomic E-state index is 0.173. The van der Waals surface area contributed by atoms with Crippen LogP contribution in [0.4, 0.5) is 4.79 Å². The zero-order chi connectivity index (χ0) is 29.4. The summed E-state index contributed by atoms with van der Waals surface area (Å²) in [6.07, 6.45) is -0.997. The minimum atomic E-state index is -0.678. The fraction of sp³-hybridized carbons (Fsp3) is 0.306. The molecule has 1 aromatic heterocycles. The summed E-state index contributed by atoms with van der Waals surface area (Å²) in [5.41, 5.74) is 6.15. The Labute approximate surface area is 247 Å². The van der Waals surface area contributed by atoms with Gasteiger partial charge in [-0.25, -0.2) is 4.79 Å². The molecule has 6 rings (SSSR count). The van der Waals surface area contributed by atoms with E-state index in [1.807, 2.05) is 39.8 Å². The van der Waals surface area contributed by atoms with E-state index in [0.717, 1.165) is 44.1 Å². The van der Waals surface area contributed by atoms with Gasteiger partial charge in [0.25, 0.3) is 0 Å². The standard InChI is InChI=1S/C36H39N3O3/c1-24(40)34(31-23-38(20-19-37-31)35(41)42-36(2,3)4)39-32-17-15-27(25-11-7-5-8-12-25)21-29(32)30-22-28(16-18-33(30)39)26-13-9-6-10-14-26/h5-18,21-22,24,31,34,37,40H,19-20,23H2,1-4H3. The van der Waals surface area contributed by atoms with Crippen LogP contribution in [0.1, 0.15) is 33.7 Å². The molecule has 5 aromatic rings. The number of fused-ring (bicyclic) bond motifs is 3. The maximum Gasteiger partial charge on any atom is 0.410 e. The lowest BCUT2D eigenvalue weighted by molar-refractivity contribution is 0.0127. The largest absolute Gasteiger partial charge is 0.444 e. The second kappa shape index (κ2) is 11.3. The molecule has 0 bridgehead atoms. The summed E-state index contributed by atoms with van der Waals surface area (Å²) >= 11 is 0. The van der Waals surface area contributed by atoms with Gasteiger partial charge in [-0.15, -0.1) is 0 Å². The number of aliphatic hydroxyl groups excluding tert-OH is 1. The van der Waals surface area contributed by atoms with Crippen molar-refractivity contribution in [2.24, 2.45) is 0 Å². The van der Waals surface area contributed by atoms with Gasteiger partial charge in [0.2, 0.25) is 0 Å². The Kier molecular flexibility index (Phi) is 7.52. The van der Waals surface area contributed by atoms with E-state index in [4.69, 9.17) is 4.74 Å². The highest BCUT2D eigenvalue weighted by Crippen LogP contribution is 2.39. The van der Waals surface area contributed by atoms with E-state index >= 15 is 0 Å². The average molecular weight is 562 g/mol. The van der Waals surface area contributed by atoms with Crippen molar-refractivity contribution in [3.8, 4) is 22.3 Å². The zero-order valence-corrected chi connectivity index (χ0v) is 24.7. The van der Waals surface area contributed by atoms with Gasteiger partial charge in [-0.3, -0.25) is 0 Å². The third-order valence-electron chi connectivity index (χ3n) is 8.08. The molecule has 3 atom stereocenters. The Morgan fingerprint density at radius 3 is 1.83 bits per heavy atom. The molecule has 0 spiro atoms. The van der Waals surface area contributed by atoms with E-state index in [2.05, 4.69) is 94.8 Å². The quantitative estimate of drug-likeness (QED) is 0.237. The number of carbonyl (C=O) groups excluding carboxylic acids is 1. The highest BCUT2D eigenvalue weighted by Gasteiger charge is 2.36. The molecule has 2 heterocycles. The predicted molar refractivity (Wildman–Crippen MR) is 171 cm³/mol. The van der Waals surface area contributed by atoms with Crippen molar-refractivity contribution in [3.63, 3.8) is 0 Å². The molecule has 1 saturated heterocycles. The second-order valence-corrected chi connectivity index (χ2v) is 12.3. The van der Waals surface area contributed by atoms with Crippen molar-refractivity contribution in [1.29, 1.82) is 0 Å². The number of nitrogens with zero attached hydrogens (tertiary/aromatic N) is 2. The molecule has 4 aromatic carbocycles. The first-order chi connectivity index (χ1) is 20.2. The Bertz CT molecular complexity index is 1610. The maximum atomic E-state index is 13.0. The van der Waals surface area contributed by atoms with Crippen LogP contribution in [0.3, 0.4) is 0 Å². The van der Waals surface area contributed by atoms with Gasteiger partial charge in [0, 0.05) is 47.5 Å². The molecule has 1 aliphatic rings. The summed E-state index contributed by atoms with van der Waals surface area (Å²) in [6, 6.07) is 33.5. The molecule has 0 aliphatic carbocycles. The first kappa shape index (κ1) is 28.0. The predicted octanol–water partition coefficient (Wildman–Crippen LogP) is 7.26. The molecule has 0 radical (unpaired) electrons. The number of hydrogen-bond acceptors (Lipinski definition) is 4. The summed E-state index contributed by atoms with van der Waals surface area (Å²) < 4.78 is 7.97. The number of aromatic nitrogens is 1. The van der Waals surface area contributed by atoms with Crippen LogP contribution < -0.4 is 5.32 Å². The van der Waals surface area contributed by atoms with E-state index < -0.39 is 11.7 Å². The molecular weight excluding hydrogens is 522 g/mol. The highest BCUT2D eigenvalue weighted by molar-refractivity contribution is 6.10. The summed E-state index contributed by atoms with van der Waals surface area (Å²) in [5, 5.41) is 17.2. The third kappa shape index (κ3) is 5.52. The Morgan fingerprint density at radius 1 is 0.833 bits per heavy atom. The highest BCUT2D eigenvalue weighted by atomic mass is 16.6. The van der Waals surface area contributed by atoms with Gasteiger partial charge in [-0.2, -0.15) is 0 Å². The first-order valence-corrected chi connectivity index (χ1v) is 14.8. The number of ether oxygens (including phenoxy) is 1. The van der Waals surface area contributed by atoms with Gasteiger partial charge in [0.15, 0.2) is 0 Å². The van der Waals surface area contributed by atoms with Gasteiger partial charge < -0.3 is 24.6 Å². The summed E-state index contributed by atoms with van der Waals surface area (Å²) in [6.45, 7) is 9.12. The number of nitrogens with one attached hydrogen (secondary N) is 1. The molecular formula is C36H39N3O3. The average Bonchev–Trinajstić information content (AvgIpc) is 3.30. The van der Waals surface area contributed by atoms with Crippen molar-refractivity contribution in [3.05, 3.63) is 97.1 Å². The topological polar surface area (TPSA) is 66.7 Å². The fourth-order valence-corrected chi connectivity index (χ4v) is 6.23. The Morgan fingerprint density at radius 2 is 1.36 bits per heavy atom. The number of carbonyl (C=O) groups is 1. The number of benzene rings is 4. The molecule has 1 fully saturated rings. The summed E-state index contributed by atoms with van der Waals surface area (Å²) in [5.74, 6) is 0. The second-order valence-electron chi connectivity index (χ2n) is 12.3. The third-order valence-corrected chi connectivity index (χ3v) is 8.08. The first-order valence-electron chi connectivity index (χ1n) is 14.8. The Hall–Kier alpha value is -4.13. The fourth-order valence-electron chi connectivity index (χ4n) is 6.23.